The molecule has 84 valence electrons. The Kier molecular flexibility index (Phi) is 5.01. The maximum atomic E-state index is 11.6. The van der Waals surface area contributed by atoms with Gasteiger partial charge in [0, 0.05) is 12.7 Å². The molecule has 15 heavy (non-hydrogen) atoms. The van der Waals surface area contributed by atoms with Crippen LogP contribution in [0.1, 0.15) is 6.92 Å². The van der Waals surface area contributed by atoms with Gasteiger partial charge in [-0.05, 0) is 34.6 Å². The Balaban J connectivity index is 2.64. The monoisotopic (exact) mass is 274 g/mol. The Bertz CT molecular complexity index is 365. The molecule has 0 saturated heterocycles. The molecule has 0 amide bonds. The van der Waals surface area contributed by atoms with Crippen LogP contribution >= 0.6 is 15.9 Å². The van der Waals surface area contributed by atoms with Crippen molar-refractivity contribution in [2.75, 3.05) is 13.1 Å². The number of aliphatic hydroxyl groups excluding tert-OH is 1. The van der Waals surface area contributed by atoms with Gasteiger partial charge < -0.3 is 15.0 Å². The average Bonchev–Trinajstić information content (AvgIpc) is 2.22. The highest BCUT2D eigenvalue weighted by atomic mass is 79.9. The number of likely N-dealkylation sites (N-methyl/N-ethyl adjacent to an activating group) is 1. The molecule has 1 unspecified atom stereocenters. The summed E-state index contributed by atoms with van der Waals surface area (Å²) in [6, 6.07) is 3.46. The van der Waals surface area contributed by atoms with E-state index in [0.717, 1.165) is 6.54 Å². The molecule has 0 spiro atoms. The van der Waals surface area contributed by atoms with Crippen molar-refractivity contribution in [2.24, 2.45) is 0 Å². The van der Waals surface area contributed by atoms with Gasteiger partial charge in [-0.3, -0.25) is 4.79 Å². The summed E-state index contributed by atoms with van der Waals surface area (Å²) < 4.78 is 2.01. The molecule has 0 fully saturated rings. The third-order valence-electron chi connectivity index (χ3n) is 2.01. The molecule has 0 aliphatic rings. The van der Waals surface area contributed by atoms with E-state index in [1.165, 1.54) is 4.57 Å². The van der Waals surface area contributed by atoms with Crippen LogP contribution in [0.15, 0.2) is 27.6 Å². The second-order valence-corrected chi connectivity index (χ2v) is 4.13. The Morgan fingerprint density at radius 2 is 2.40 bits per heavy atom. The maximum Gasteiger partial charge on any atom is 0.264 e. The van der Waals surface area contributed by atoms with Crippen LogP contribution in [0.3, 0.4) is 0 Å². The number of nitrogens with one attached hydrogen (secondary N) is 1. The van der Waals surface area contributed by atoms with Crippen molar-refractivity contribution in [1.29, 1.82) is 0 Å². The fraction of sp³-hybridized carbons (Fsp3) is 0.500. The van der Waals surface area contributed by atoms with Crippen LogP contribution in [-0.4, -0.2) is 28.9 Å². The first-order valence-corrected chi connectivity index (χ1v) is 5.68. The summed E-state index contributed by atoms with van der Waals surface area (Å²) in [6.07, 6.45) is 1.12. The minimum absolute atomic E-state index is 0.118. The van der Waals surface area contributed by atoms with Crippen molar-refractivity contribution in [3.05, 3.63) is 33.2 Å². The largest absolute Gasteiger partial charge is 0.390 e. The van der Waals surface area contributed by atoms with Crippen LogP contribution in [0.4, 0.5) is 0 Å². The summed E-state index contributed by atoms with van der Waals surface area (Å²) >= 11 is 3.16. The van der Waals surface area contributed by atoms with Crippen molar-refractivity contribution in [1.82, 2.24) is 9.88 Å². The van der Waals surface area contributed by atoms with Crippen molar-refractivity contribution in [2.45, 2.75) is 19.6 Å². The minimum atomic E-state index is -0.544. The van der Waals surface area contributed by atoms with Crippen molar-refractivity contribution in [3.63, 3.8) is 0 Å². The fourth-order valence-electron chi connectivity index (χ4n) is 1.25. The summed E-state index contributed by atoms with van der Waals surface area (Å²) in [5.74, 6) is 0. The smallest absolute Gasteiger partial charge is 0.264 e. The van der Waals surface area contributed by atoms with E-state index in [4.69, 9.17) is 0 Å². The predicted octanol–water partition coefficient (Wildman–Crippen LogP) is 0.581. The molecule has 4 nitrogen and oxygen atoms in total. The highest BCUT2D eigenvalue weighted by molar-refractivity contribution is 9.10. The molecule has 1 aromatic heterocycles. The molecule has 0 saturated carbocycles. The van der Waals surface area contributed by atoms with E-state index in [1.807, 2.05) is 6.92 Å². The van der Waals surface area contributed by atoms with Gasteiger partial charge >= 0.3 is 0 Å². The summed E-state index contributed by atoms with van der Waals surface area (Å²) in [6.45, 7) is 3.59. The number of pyridine rings is 1. The average molecular weight is 275 g/mol. The van der Waals surface area contributed by atoms with E-state index in [1.54, 1.807) is 18.3 Å². The number of hydrogen-bond acceptors (Lipinski definition) is 3. The number of aliphatic hydroxyl groups is 1. The molecule has 0 aliphatic carbocycles. The first-order chi connectivity index (χ1) is 7.15. The second kappa shape index (κ2) is 6.05. The van der Waals surface area contributed by atoms with Crippen LogP contribution in [0.25, 0.3) is 0 Å². The molecular formula is C10H15BrN2O2. The standard InChI is InChI=1S/C10H15BrN2O2/c1-2-12-6-8(14)7-13-5-3-4-9(11)10(13)15/h3-5,8,12,14H,2,6-7H2,1H3. The van der Waals surface area contributed by atoms with Crippen molar-refractivity contribution >= 4 is 15.9 Å². The van der Waals surface area contributed by atoms with Gasteiger partial charge in [0.2, 0.25) is 0 Å². The lowest BCUT2D eigenvalue weighted by Gasteiger charge is -2.12. The van der Waals surface area contributed by atoms with Crippen LogP contribution in [0.2, 0.25) is 0 Å². The first kappa shape index (κ1) is 12.4. The zero-order valence-corrected chi connectivity index (χ0v) is 10.2. The lowest BCUT2D eigenvalue weighted by molar-refractivity contribution is 0.151. The van der Waals surface area contributed by atoms with Crippen molar-refractivity contribution in [3.8, 4) is 0 Å². The Hall–Kier alpha value is -0.650. The molecule has 1 heterocycles. The number of nitrogens with zero attached hydrogens (tertiary/aromatic N) is 1. The number of aromatic nitrogens is 1. The van der Waals surface area contributed by atoms with Crippen LogP contribution in [-0.2, 0) is 6.54 Å². The lowest BCUT2D eigenvalue weighted by atomic mass is 10.3. The zero-order chi connectivity index (χ0) is 11.3. The molecule has 1 atom stereocenters. The van der Waals surface area contributed by atoms with Gasteiger partial charge in [-0.15, -0.1) is 0 Å². The summed E-state index contributed by atoms with van der Waals surface area (Å²) in [5.41, 5.74) is -0.118. The van der Waals surface area contributed by atoms with Crippen molar-refractivity contribution < 1.29 is 5.11 Å². The van der Waals surface area contributed by atoms with E-state index in [-0.39, 0.29) is 5.56 Å². The summed E-state index contributed by atoms with van der Waals surface area (Å²) in [5, 5.41) is 12.6. The molecular weight excluding hydrogens is 260 g/mol. The molecule has 1 rings (SSSR count). The maximum absolute atomic E-state index is 11.6. The van der Waals surface area contributed by atoms with Gasteiger partial charge in [-0.2, -0.15) is 0 Å². The van der Waals surface area contributed by atoms with Crippen LogP contribution < -0.4 is 10.9 Å². The molecule has 5 heteroatoms. The van der Waals surface area contributed by atoms with E-state index in [0.29, 0.717) is 17.6 Å². The predicted molar refractivity (Wildman–Crippen MR) is 63.0 cm³/mol. The van der Waals surface area contributed by atoms with Crippen LogP contribution in [0.5, 0.6) is 0 Å². The van der Waals surface area contributed by atoms with Gasteiger partial charge in [-0.1, -0.05) is 6.92 Å². The number of rotatable bonds is 5. The van der Waals surface area contributed by atoms with E-state index >= 15 is 0 Å². The third-order valence-corrected chi connectivity index (χ3v) is 2.61. The number of halogens is 1. The van der Waals surface area contributed by atoms with E-state index in [2.05, 4.69) is 21.2 Å². The molecule has 0 radical (unpaired) electrons. The molecule has 0 aliphatic heterocycles. The summed E-state index contributed by atoms with van der Waals surface area (Å²) in [7, 11) is 0. The minimum Gasteiger partial charge on any atom is -0.390 e. The van der Waals surface area contributed by atoms with Gasteiger partial charge in [0.15, 0.2) is 0 Å². The third kappa shape index (κ3) is 3.77. The highest BCUT2D eigenvalue weighted by Crippen LogP contribution is 2.01. The Morgan fingerprint density at radius 3 is 3.07 bits per heavy atom. The number of hydrogen-bond donors (Lipinski definition) is 2. The quantitative estimate of drug-likeness (QED) is 0.826. The normalized spacial score (nSPS) is 12.7. The van der Waals surface area contributed by atoms with E-state index in [9.17, 15) is 9.90 Å². The molecule has 0 aromatic carbocycles. The van der Waals surface area contributed by atoms with E-state index < -0.39 is 6.10 Å². The Morgan fingerprint density at radius 1 is 1.67 bits per heavy atom. The first-order valence-electron chi connectivity index (χ1n) is 4.89. The van der Waals surface area contributed by atoms with Gasteiger partial charge in [0.05, 0.1) is 17.1 Å². The fourth-order valence-corrected chi connectivity index (χ4v) is 1.63. The highest BCUT2D eigenvalue weighted by Gasteiger charge is 2.06. The Labute approximate surface area is 97.1 Å². The molecule has 0 bridgehead atoms. The lowest BCUT2D eigenvalue weighted by Crippen LogP contribution is -2.33. The topological polar surface area (TPSA) is 54.3 Å². The SMILES string of the molecule is CCNCC(O)Cn1cccc(Br)c1=O. The van der Waals surface area contributed by atoms with Gasteiger partial charge in [0.25, 0.3) is 5.56 Å². The summed E-state index contributed by atoms with van der Waals surface area (Å²) in [4.78, 5) is 11.6. The van der Waals surface area contributed by atoms with Crippen LogP contribution in [0, 0.1) is 0 Å². The molecule has 2 N–H and O–H groups in total. The van der Waals surface area contributed by atoms with Gasteiger partial charge in [0.1, 0.15) is 0 Å². The van der Waals surface area contributed by atoms with Gasteiger partial charge in [-0.25, -0.2) is 0 Å². The zero-order valence-electron chi connectivity index (χ0n) is 8.61. The molecule has 1 aromatic rings. The second-order valence-electron chi connectivity index (χ2n) is 3.28.